The van der Waals surface area contributed by atoms with Crippen molar-refractivity contribution in [3.05, 3.63) is 0 Å². The van der Waals surface area contributed by atoms with Gasteiger partial charge in [0.25, 0.3) is 0 Å². The van der Waals surface area contributed by atoms with Gasteiger partial charge in [-0.2, -0.15) is 0 Å². The largest absolute Gasteiger partial charge is 0.394 e. The zero-order valence-electron chi connectivity index (χ0n) is 37.0. The minimum atomic E-state index is -2.32. The molecule has 0 aliphatic carbocycles. The molecule has 0 saturated carbocycles. The highest BCUT2D eigenvalue weighted by molar-refractivity contribution is 5.73. The Morgan fingerprint density at radius 3 is 1.55 bits per heavy atom. The van der Waals surface area contributed by atoms with E-state index in [9.17, 15) is 102 Å². The van der Waals surface area contributed by atoms with Gasteiger partial charge in [0.2, 0.25) is 5.91 Å². The second-order valence-electron chi connectivity index (χ2n) is 17.3. The van der Waals surface area contributed by atoms with E-state index in [-0.39, 0.29) is 0 Å². The Labute approximate surface area is 391 Å². The molecule has 0 aromatic heterocycles. The topological polar surface area (TPSA) is 506 Å². The number of carbonyl (C=O) groups excluding carboxylic acids is 1. The SMILES string of the molecule is CC(=O)N[C@H]1[C@H](OC[C@H]2O[C@@H](O[C@@H]([C@H](O)[C@@H](O)CO)[C@H](O)CO)[C@H](O)[C@@H](O[C@@H]3O[C@H](CO)[C@H](O)[C@H](O)[C@H]3O[C@@H]3O[C@@H](C)[C@@H](O)[C@@H](O)[C@@H]3O)[C@H]2O)O[C@H](CO)[C@@H](O[C@@H]2O[C@H](CO)[C@H](O)[C@H](O)[C@H]2O)[C@@H]1O. The number of hydrogen-bond acceptors (Lipinski definition) is 30. The average molecular weight is 1020 g/mol. The Morgan fingerprint density at radius 2 is 0.986 bits per heavy atom. The van der Waals surface area contributed by atoms with Gasteiger partial charge in [-0.15, -0.1) is 0 Å². The van der Waals surface area contributed by atoms with E-state index in [1.807, 2.05) is 0 Å². The number of nitrogens with one attached hydrogen (secondary N) is 1. The molecular weight excluding hydrogens is 950 g/mol. The first-order valence-corrected chi connectivity index (χ1v) is 21.9. The summed E-state index contributed by atoms with van der Waals surface area (Å²) in [6, 6.07) is -1.68. The summed E-state index contributed by atoms with van der Waals surface area (Å²) in [4.78, 5) is 12.4. The summed E-state index contributed by atoms with van der Waals surface area (Å²) >= 11 is 0. The van der Waals surface area contributed by atoms with Crippen LogP contribution in [-0.2, 0) is 52.2 Å². The van der Waals surface area contributed by atoms with Crippen LogP contribution in [0.25, 0.3) is 0 Å². The molecule has 5 saturated heterocycles. The molecule has 31 nitrogen and oxygen atoms in total. The number of aliphatic hydroxyl groups is 19. The van der Waals surface area contributed by atoms with Crippen molar-refractivity contribution < 1.29 is 149 Å². The van der Waals surface area contributed by atoms with Crippen LogP contribution in [0.1, 0.15) is 13.8 Å². The van der Waals surface area contributed by atoms with Crippen molar-refractivity contribution >= 4 is 5.91 Å². The average Bonchev–Trinajstić information content (AvgIpc) is 3.33. The first kappa shape index (κ1) is 58.2. The van der Waals surface area contributed by atoms with Crippen molar-refractivity contribution in [3.8, 4) is 0 Å². The summed E-state index contributed by atoms with van der Waals surface area (Å²) in [7, 11) is 0. The van der Waals surface area contributed by atoms with Crippen LogP contribution < -0.4 is 5.32 Å². The van der Waals surface area contributed by atoms with Gasteiger partial charge in [0.1, 0.15) is 140 Å². The van der Waals surface area contributed by atoms with Gasteiger partial charge in [-0.1, -0.05) is 0 Å². The fraction of sp³-hybridized carbons (Fsp3) is 0.974. The maximum Gasteiger partial charge on any atom is 0.217 e. The van der Waals surface area contributed by atoms with Crippen LogP contribution in [0, 0.1) is 0 Å². The summed E-state index contributed by atoms with van der Waals surface area (Å²) in [6.45, 7) is -3.75. The number of ether oxygens (including phenoxy) is 10. The minimum Gasteiger partial charge on any atom is -0.394 e. The van der Waals surface area contributed by atoms with Crippen LogP contribution in [0.15, 0.2) is 0 Å². The van der Waals surface area contributed by atoms with E-state index in [1.165, 1.54) is 6.92 Å². The lowest BCUT2D eigenvalue weighted by Gasteiger charge is -2.49. The molecule has 0 radical (unpaired) electrons. The van der Waals surface area contributed by atoms with E-state index < -0.39 is 223 Å². The highest BCUT2D eigenvalue weighted by atomic mass is 16.8. The number of hydrogen-bond donors (Lipinski definition) is 20. The number of carbonyl (C=O) groups is 1. The molecule has 404 valence electrons. The van der Waals surface area contributed by atoms with Crippen molar-refractivity contribution in [1.82, 2.24) is 5.32 Å². The van der Waals surface area contributed by atoms with E-state index in [1.54, 1.807) is 0 Å². The monoisotopic (exact) mass is 1020 g/mol. The van der Waals surface area contributed by atoms with Crippen molar-refractivity contribution in [2.75, 3.05) is 39.6 Å². The molecule has 31 heteroatoms. The maximum absolute atomic E-state index is 12.4. The minimum absolute atomic E-state index is 0.814. The maximum atomic E-state index is 12.4. The van der Waals surface area contributed by atoms with E-state index in [0.29, 0.717) is 0 Å². The molecule has 20 N–H and O–H groups in total. The molecule has 69 heavy (non-hydrogen) atoms. The van der Waals surface area contributed by atoms with Gasteiger partial charge in [-0.25, -0.2) is 0 Å². The van der Waals surface area contributed by atoms with E-state index >= 15 is 0 Å². The highest BCUT2D eigenvalue weighted by Gasteiger charge is 2.56. The molecule has 1 amide bonds. The Balaban J connectivity index is 1.45. The summed E-state index contributed by atoms with van der Waals surface area (Å²) in [5, 5.41) is 203. The van der Waals surface area contributed by atoms with E-state index in [4.69, 9.17) is 47.4 Å². The molecule has 5 heterocycles. The molecule has 5 fully saturated rings. The molecule has 0 aromatic carbocycles. The number of aliphatic hydroxyl groups excluding tert-OH is 19. The number of rotatable bonds is 20. The fourth-order valence-electron chi connectivity index (χ4n) is 8.33. The lowest BCUT2D eigenvalue weighted by Crippen LogP contribution is -2.68. The van der Waals surface area contributed by atoms with Crippen LogP contribution in [0.2, 0.25) is 0 Å². The van der Waals surface area contributed by atoms with Crippen molar-refractivity contribution in [1.29, 1.82) is 0 Å². The first-order chi connectivity index (χ1) is 32.5. The first-order valence-electron chi connectivity index (χ1n) is 21.9. The molecule has 5 aliphatic rings. The zero-order valence-corrected chi connectivity index (χ0v) is 37.0. The van der Waals surface area contributed by atoms with Gasteiger partial charge in [0.05, 0.1) is 45.7 Å². The van der Waals surface area contributed by atoms with Gasteiger partial charge in [-0.05, 0) is 6.92 Å². The van der Waals surface area contributed by atoms with Crippen LogP contribution in [0.3, 0.4) is 0 Å². The van der Waals surface area contributed by atoms with Gasteiger partial charge >= 0.3 is 0 Å². The Morgan fingerprint density at radius 1 is 0.493 bits per heavy atom. The van der Waals surface area contributed by atoms with Gasteiger partial charge in [0.15, 0.2) is 31.5 Å². The second kappa shape index (κ2) is 25.5. The Kier molecular flexibility index (Phi) is 21.5. The third-order valence-corrected chi connectivity index (χ3v) is 12.4. The number of amides is 1. The molecule has 29 atom stereocenters. The summed E-state index contributed by atoms with van der Waals surface area (Å²) in [6.07, 6.45) is -53.9. The van der Waals surface area contributed by atoms with Gasteiger partial charge in [0, 0.05) is 6.92 Å². The highest BCUT2D eigenvalue weighted by Crippen LogP contribution is 2.35. The normalized spacial score (nSPS) is 47.2. The standard InChI is InChI=1S/C38H67NO30/c1-9-18(48)24(54)27(57)35(61-9)69-33-26(56)21(51)14(6-43)63-38(33)68-32-22(52)16(65-37(29(32)59)66-30(12(47)4-41)19(49)11(46)3-40)8-60-34-17(39-10(2)45)23(53)31(15(7-44)64-34)67-36-28(58)25(55)20(50)13(5-42)62-36/h9,11-38,40-44,46-59H,3-8H2,1-2H3,(H,39,45)/t9-,11-,12+,13+,14+,15+,16+,17+,18+,19+,20-,21-,22-,23+,24+,25-,26-,27-,28+,29+,30+,31+,32-,33+,34+,35-,36-,37-,38-/m0/s1. The predicted octanol–water partition coefficient (Wildman–Crippen LogP) is -13.3. The lowest BCUT2D eigenvalue weighted by atomic mass is 9.95. The molecule has 0 unspecified atom stereocenters. The van der Waals surface area contributed by atoms with Crippen molar-refractivity contribution in [2.24, 2.45) is 0 Å². The lowest BCUT2D eigenvalue weighted by molar-refractivity contribution is -0.393. The van der Waals surface area contributed by atoms with Crippen molar-refractivity contribution in [2.45, 2.75) is 192 Å². The Bertz CT molecular complexity index is 1560. The molecule has 5 rings (SSSR count). The summed E-state index contributed by atoms with van der Waals surface area (Å²) < 4.78 is 56.9. The molecular formula is C38H67NO30. The van der Waals surface area contributed by atoms with Gasteiger partial charge in [-0.3, -0.25) is 4.79 Å². The molecule has 0 aromatic rings. The van der Waals surface area contributed by atoms with Crippen molar-refractivity contribution in [3.63, 3.8) is 0 Å². The summed E-state index contributed by atoms with van der Waals surface area (Å²) in [5.74, 6) is -0.814. The van der Waals surface area contributed by atoms with E-state index in [0.717, 1.165) is 6.92 Å². The summed E-state index contributed by atoms with van der Waals surface area (Å²) in [5.41, 5.74) is 0. The second-order valence-corrected chi connectivity index (χ2v) is 17.3. The third-order valence-electron chi connectivity index (χ3n) is 12.4. The quantitative estimate of drug-likeness (QED) is 0.0538. The zero-order chi connectivity index (χ0) is 51.3. The van der Waals surface area contributed by atoms with Crippen LogP contribution in [0.4, 0.5) is 0 Å². The van der Waals surface area contributed by atoms with Crippen LogP contribution >= 0.6 is 0 Å². The third kappa shape index (κ3) is 13.0. The van der Waals surface area contributed by atoms with Crippen LogP contribution in [0.5, 0.6) is 0 Å². The van der Waals surface area contributed by atoms with E-state index in [2.05, 4.69) is 5.32 Å². The fourth-order valence-corrected chi connectivity index (χ4v) is 8.33. The molecule has 0 spiro atoms. The van der Waals surface area contributed by atoms with Gasteiger partial charge < -0.3 is 150 Å². The smallest absolute Gasteiger partial charge is 0.217 e. The predicted molar refractivity (Wildman–Crippen MR) is 212 cm³/mol. The molecule has 5 aliphatic heterocycles. The van der Waals surface area contributed by atoms with Crippen LogP contribution in [-0.4, -0.2) is 320 Å². The Hall–Kier alpha value is -1.69. The molecule has 0 bridgehead atoms.